The number of carboxylic acids is 1. The predicted octanol–water partition coefficient (Wildman–Crippen LogP) is 2.02. The first-order valence-electron chi connectivity index (χ1n) is 7.44. The summed E-state index contributed by atoms with van der Waals surface area (Å²) in [5.74, 6) is 0.109. The number of rotatable bonds is 8. The average Bonchev–Trinajstić information content (AvgIpc) is 2.85. The van der Waals surface area contributed by atoms with Gasteiger partial charge in [0.15, 0.2) is 0 Å². The largest absolute Gasteiger partial charge is 0.494 e. The van der Waals surface area contributed by atoms with Crippen LogP contribution in [0.3, 0.4) is 0 Å². The van der Waals surface area contributed by atoms with E-state index in [0.29, 0.717) is 6.61 Å². The maximum absolute atomic E-state index is 10.6. The van der Waals surface area contributed by atoms with Crippen LogP contribution in [-0.2, 0) is 4.79 Å². The molecule has 5 nitrogen and oxygen atoms in total. The van der Waals surface area contributed by atoms with Crippen LogP contribution in [0.5, 0.6) is 5.75 Å². The number of carbonyl (C=O) groups is 1. The van der Waals surface area contributed by atoms with Crippen molar-refractivity contribution in [2.45, 2.75) is 25.3 Å². The molecule has 0 bridgehead atoms. The van der Waals surface area contributed by atoms with E-state index in [4.69, 9.17) is 9.84 Å². The second-order valence-corrected chi connectivity index (χ2v) is 5.85. The van der Waals surface area contributed by atoms with Gasteiger partial charge in [-0.15, -0.1) is 12.4 Å². The summed E-state index contributed by atoms with van der Waals surface area (Å²) >= 11 is 0. The molecular formula is C16H25ClN2O3. The summed E-state index contributed by atoms with van der Waals surface area (Å²) in [6, 6.07) is 9.83. The van der Waals surface area contributed by atoms with Crippen LogP contribution in [0, 0.1) is 0 Å². The molecule has 1 aromatic rings. The van der Waals surface area contributed by atoms with Gasteiger partial charge >= 0.3 is 5.97 Å². The van der Waals surface area contributed by atoms with Crippen molar-refractivity contribution in [3.8, 4) is 5.75 Å². The van der Waals surface area contributed by atoms with Gasteiger partial charge in [-0.05, 0) is 31.9 Å². The molecule has 0 saturated carbocycles. The van der Waals surface area contributed by atoms with Crippen molar-refractivity contribution in [3.05, 3.63) is 30.3 Å². The summed E-state index contributed by atoms with van der Waals surface area (Å²) in [4.78, 5) is 13.0. The van der Waals surface area contributed by atoms with E-state index < -0.39 is 5.97 Å². The Hall–Kier alpha value is -1.30. The molecule has 1 heterocycles. The van der Waals surface area contributed by atoms with E-state index in [2.05, 4.69) is 17.1 Å². The van der Waals surface area contributed by atoms with E-state index >= 15 is 0 Å². The van der Waals surface area contributed by atoms with Crippen LogP contribution in [0.2, 0.25) is 0 Å². The summed E-state index contributed by atoms with van der Waals surface area (Å²) in [6.07, 6.45) is 1.96. The van der Waals surface area contributed by atoms with Crippen molar-refractivity contribution < 1.29 is 14.6 Å². The van der Waals surface area contributed by atoms with Gasteiger partial charge < -0.3 is 20.1 Å². The Labute approximate surface area is 138 Å². The van der Waals surface area contributed by atoms with Crippen LogP contribution < -0.4 is 10.1 Å². The lowest BCUT2D eigenvalue weighted by Crippen LogP contribution is -2.47. The van der Waals surface area contributed by atoms with Gasteiger partial charge in [-0.3, -0.25) is 4.79 Å². The number of carboxylic acid groups (broad SMARTS) is 1. The Bertz CT molecular complexity index is 458. The molecule has 0 aliphatic carbocycles. The third-order valence-corrected chi connectivity index (χ3v) is 3.85. The molecule has 1 atom stereocenters. The number of benzene rings is 1. The number of nitrogens with one attached hydrogen (secondary N) is 1. The lowest BCUT2D eigenvalue weighted by atomic mass is 10.0. The lowest BCUT2D eigenvalue weighted by Gasteiger charge is -2.25. The zero-order valence-electron chi connectivity index (χ0n) is 13.0. The smallest absolute Gasteiger partial charge is 0.317 e. The molecule has 1 aliphatic heterocycles. The van der Waals surface area contributed by atoms with Crippen LogP contribution >= 0.6 is 12.4 Å². The fourth-order valence-corrected chi connectivity index (χ4v) is 2.68. The number of halogens is 1. The van der Waals surface area contributed by atoms with E-state index in [9.17, 15) is 4.79 Å². The molecule has 124 valence electrons. The molecule has 1 aromatic carbocycles. The van der Waals surface area contributed by atoms with Gasteiger partial charge in [0, 0.05) is 25.2 Å². The lowest BCUT2D eigenvalue weighted by molar-refractivity contribution is -0.136. The molecule has 1 unspecified atom stereocenters. The number of hydrogen-bond acceptors (Lipinski definition) is 4. The maximum atomic E-state index is 10.6. The normalized spacial score (nSPS) is 21.3. The summed E-state index contributed by atoms with van der Waals surface area (Å²) < 4.78 is 5.68. The van der Waals surface area contributed by atoms with Crippen molar-refractivity contribution in [2.24, 2.45) is 0 Å². The fourth-order valence-electron chi connectivity index (χ4n) is 2.68. The van der Waals surface area contributed by atoms with Crippen LogP contribution in [0.15, 0.2) is 30.3 Å². The summed E-state index contributed by atoms with van der Waals surface area (Å²) in [5.41, 5.74) is -0.0846. The topological polar surface area (TPSA) is 61.8 Å². The monoisotopic (exact) mass is 328 g/mol. The first kappa shape index (κ1) is 18.7. The van der Waals surface area contributed by atoms with Crippen molar-refractivity contribution in [1.29, 1.82) is 0 Å². The first-order chi connectivity index (χ1) is 10.1. The minimum atomic E-state index is -0.800. The second kappa shape index (κ2) is 8.98. The molecule has 6 heteroatoms. The SMILES string of the molecule is CC1(NCC(=O)O)CCN(CCCOc2ccccc2)C1.Cl. The van der Waals surface area contributed by atoms with Crippen molar-refractivity contribution in [1.82, 2.24) is 10.2 Å². The highest BCUT2D eigenvalue weighted by atomic mass is 35.5. The minimum absolute atomic E-state index is 0. The van der Waals surface area contributed by atoms with E-state index in [1.54, 1.807) is 0 Å². The Kier molecular flexibility index (Phi) is 7.65. The second-order valence-electron chi connectivity index (χ2n) is 5.85. The Balaban J connectivity index is 0.00000242. The molecule has 0 spiro atoms. The summed E-state index contributed by atoms with van der Waals surface area (Å²) in [7, 11) is 0. The van der Waals surface area contributed by atoms with Gasteiger partial charge in [0.2, 0.25) is 0 Å². The molecule has 22 heavy (non-hydrogen) atoms. The van der Waals surface area contributed by atoms with Gasteiger partial charge in [-0.1, -0.05) is 18.2 Å². The molecule has 0 radical (unpaired) electrons. The number of para-hydroxylation sites is 1. The van der Waals surface area contributed by atoms with Gasteiger partial charge in [-0.25, -0.2) is 0 Å². The minimum Gasteiger partial charge on any atom is -0.494 e. The first-order valence-corrected chi connectivity index (χ1v) is 7.44. The van der Waals surface area contributed by atoms with Gasteiger partial charge in [0.1, 0.15) is 5.75 Å². The van der Waals surface area contributed by atoms with Crippen molar-refractivity contribution >= 4 is 18.4 Å². The third kappa shape index (κ3) is 6.22. The number of hydrogen-bond donors (Lipinski definition) is 2. The third-order valence-electron chi connectivity index (χ3n) is 3.85. The maximum Gasteiger partial charge on any atom is 0.317 e. The van der Waals surface area contributed by atoms with E-state index in [1.807, 2.05) is 30.3 Å². The molecule has 0 amide bonds. The van der Waals surface area contributed by atoms with Gasteiger partial charge in [0.05, 0.1) is 13.2 Å². The standard InChI is InChI=1S/C16H24N2O3.ClH/c1-16(17-12-15(19)20)8-10-18(13-16)9-5-11-21-14-6-3-2-4-7-14;/h2-4,6-7,17H,5,8-13H2,1H3,(H,19,20);1H. The van der Waals surface area contributed by atoms with E-state index in [1.165, 1.54) is 0 Å². The Morgan fingerprint density at radius 1 is 1.41 bits per heavy atom. The number of nitrogens with zero attached hydrogens (tertiary/aromatic N) is 1. The quantitative estimate of drug-likeness (QED) is 0.715. The highest BCUT2D eigenvalue weighted by Gasteiger charge is 2.33. The predicted molar refractivity (Wildman–Crippen MR) is 88.9 cm³/mol. The molecule has 1 fully saturated rings. The zero-order valence-corrected chi connectivity index (χ0v) is 13.8. The molecule has 0 aromatic heterocycles. The van der Waals surface area contributed by atoms with Crippen LogP contribution in [-0.4, -0.2) is 54.3 Å². The fraction of sp³-hybridized carbons (Fsp3) is 0.562. The van der Waals surface area contributed by atoms with Crippen LogP contribution in [0.25, 0.3) is 0 Å². The Morgan fingerprint density at radius 2 is 2.14 bits per heavy atom. The number of likely N-dealkylation sites (tertiary alicyclic amines) is 1. The van der Waals surface area contributed by atoms with Crippen LogP contribution in [0.1, 0.15) is 19.8 Å². The average molecular weight is 329 g/mol. The molecule has 1 aliphatic rings. The van der Waals surface area contributed by atoms with E-state index in [-0.39, 0.29) is 24.5 Å². The van der Waals surface area contributed by atoms with Crippen LogP contribution in [0.4, 0.5) is 0 Å². The summed E-state index contributed by atoms with van der Waals surface area (Å²) in [5, 5.41) is 11.9. The molecule has 1 saturated heterocycles. The van der Waals surface area contributed by atoms with Gasteiger partial charge in [0.25, 0.3) is 0 Å². The molecule has 2 rings (SSSR count). The van der Waals surface area contributed by atoms with E-state index in [0.717, 1.165) is 38.2 Å². The Morgan fingerprint density at radius 3 is 2.82 bits per heavy atom. The number of ether oxygens (including phenoxy) is 1. The van der Waals surface area contributed by atoms with Gasteiger partial charge in [-0.2, -0.15) is 0 Å². The summed E-state index contributed by atoms with van der Waals surface area (Å²) in [6.45, 7) is 5.72. The molecule has 2 N–H and O–H groups in total. The van der Waals surface area contributed by atoms with Crippen molar-refractivity contribution in [2.75, 3.05) is 32.8 Å². The molecular weight excluding hydrogens is 304 g/mol. The number of aliphatic carboxylic acids is 1. The highest BCUT2D eigenvalue weighted by Crippen LogP contribution is 2.20. The van der Waals surface area contributed by atoms with Crippen molar-refractivity contribution in [3.63, 3.8) is 0 Å². The zero-order chi connectivity index (χ0) is 15.1. The highest BCUT2D eigenvalue weighted by molar-refractivity contribution is 5.85.